The molecular formula is C24H25N3O2S2. The van der Waals surface area contributed by atoms with Crippen molar-refractivity contribution in [3.8, 4) is 0 Å². The van der Waals surface area contributed by atoms with Crippen molar-refractivity contribution in [3.63, 3.8) is 0 Å². The van der Waals surface area contributed by atoms with Crippen LogP contribution in [-0.4, -0.2) is 34.5 Å². The number of pyridine rings is 1. The molecule has 0 radical (unpaired) electrons. The van der Waals surface area contributed by atoms with E-state index in [9.17, 15) is 9.59 Å². The van der Waals surface area contributed by atoms with Crippen molar-refractivity contribution in [2.24, 2.45) is 0 Å². The van der Waals surface area contributed by atoms with Crippen LogP contribution in [0.4, 0.5) is 0 Å². The third kappa shape index (κ3) is 4.38. The van der Waals surface area contributed by atoms with E-state index in [-0.39, 0.29) is 11.8 Å². The van der Waals surface area contributed by atoms with Gasteiger partial charge in [-0.2, -0.15) is 0 Å². The Kier molecular flexibility index (Phi) is 6.43. The van der Waals surface area contributed by atoms with Gasteiger partial charge >= 0.3 is 0 Å². The molecule has 2 aromatic heterocycles. The van der Waals surface area contributed by atoms with Crippen LogP contribution in [0.5, 0.6) is 0 Å². The van der Waals surface area contributed by atoms with Crippen LogP contribution < -0.4 is 5.32 Å². The molecule has 7 heteroatoms. The van der Waals surface area contributed by atoms with Crippen molar-refractivity contribution in [2.75, 3.05) is 12.8 Å². The predicted molar refractivity (Wildman–Crippen MR) is 126 cm³/mol. The van der Waals surface area contributed by atoms with Gasteiger partial charge in [0.25, 0.3) is 11.8 Å². The van der Waals surface area contributed by atoms with Gasteiger partial charge in [-0.25, -0.2) is 0 Å². The Bertz CT molecular complexity index is 1140. The summed E-state index contributed by atoms with van der Waals surface area (Å²) in [5.74, 6) is 0.00462. The fraction of sp³-hybridized carbons (Fsp3) is 0.292. The van der Waals surface area contributed by atoms with E-state index in [1.165, 1.54) is 16.9 Å². The third-order valence-electron chi connectivity index (χ3n) is 5.72. The number of carbonyl (C=O) groups excluding carboxylic acids is 2. The van der Waals surface area contributed by atoms with E-state index >= 15 is 0 Å². The molecule has 1 aromatic carbocycles. The number of benzene rings is 1. The first kappa shape index (κ1) is 21.6. The number of aryl methyl sites for hydroxylation is 2. The summed E-state index contributed by atoms with van der Waals surface area (Å²) in [6, 6.07) is 9.61. The highest BCUT2D eigenvalue weighted by Crippen LogP contribution is 2.27. The zero-order valence-corrected chi connectivity index (χ0v) is 19.5. The monoisotopic (exact) mass is 451 g/mol. The molecule has 0 fully saturated rings. The summed E-state index contributed by atoms with van der Waals surface area (Å²) in [7, 11) is 0. The molecule has 31 heavy (non-hydrogen) atoms. The van der Waals surface area contributed by atoms with Gasteiger partial charge in [-0.1, -0.05) is 12.1 Å². The standard InChI is InChI=1S/C24H25N3O2S2/c1-15-9-11-31-22(15)24(29)27-10-8-18-17(14-27)12-25-16(2)20(18)13-26-23(28)19-6-4-5-7-21(19)30-3/h4-7,9,11-12H,8,10,13-14H2,1-3H3,(H,26,28). The van der Waals surface area contributed by atoms with Gasteiger partial charge in [0, 0.05) is 36.4 Å². The predicted octanol–water partition coefficient (Wildman–Crippen LogP) is 4.61. The van der Waals surface area contributed by atoms with Gasteiger partial charge in [0.1, 0.15) is 0 Å². The summed E-state index contributed by atoms with van der Waals surface area (Å²) in [5.41, 5.74) is 5.97. The van der Waals surface area contributed by atoms with Gasteiger partial charge in [0.15, 0.2) is 0 Å². The molecule has 0 spiro atoms. The smallest absolute Gasteiger partial charge is 0.264 e. The van der Waals surface area contributed by atoms with Crippen LogP contribution >= 0.6 is 23.1 Å². The first-order valence-electron chi connectivity index (χ1n) is 10.2. The molecule has 1 aliphatic heterocycles. The Morgan fingerprint density at radius 3 is 2.77 bits per heavy atom. The molecule has 2 amide bonds. The Labute approximate surface area is 190 Å². The fourth-order valence-electron chi connectivity index (χ4n) is 3.96. The number of rotatable bonds is 5. The maximum Gasteiger partial charge on any atom is 0.264 e. The topological polar surface area (TPSA) is 62.3 Å². The van der Waals surface area contributed by atoms with Crippen LogP contribution in [-0.2, 0) is 19.5 Å². The maximum atomic E-state index is 12.9. The molecule has 0 unspecified atom stereocenters. The quantitative estimate of drug-likeness (QED) is 0.576. The first-order valence-corrected chi connectivity index (χ1v) is 12.3. The molecule has 1 N–H and O–H groups in total. The number of nitrogens with zero attached hydrogens (tertiary/aromatic N) is 2. The molecular weight excluding hydrogens is 426 g/mol. The van der Waals surface area contributed by atoms with Crippen molar-refractivity contribution >= 4 is 34.9 Å². The summed E-state index contributed by atoms with van der Waals surface area (Å²) in [6.45, 7) is 5.60. The number of fused-ring (bicyclic) bond motifs is 1. The molecule has 0 atom stereocenters. The molecule has 5 nitrogen and oxygen atoms in total. The minimum atomic E-state index is -0.0808. The average molecular weight is 452 g/mol. The summed E-state index contributed by atoms with van der Waals surface area (Å²) >= 11 is 3.06. The number of thiophene rings is 1. The van der Waals surface area contributed by atoms with Crippen molar-refractivity contribution < 1.29 is 9.59 Å². The average Bonchev–Trinajstić information content (AvgIpc) is 3.23. The highest BCUT2D eigenvalue weighted by atomic mass is 32.2. The highest BCUT2D eigenvalue weighted by Gasteiger charge is 2.26. The summed E-state index contributed by atoms with van der Waals surface area (Å²) < 4.78 is 0. The second-order valence-electron chi connectivity index (χ2n) is 7.62. The molecule has 160 valence electrons. The van der Waals surface area contributed by atoms with Gasteiger partial charge in [-0.05, 0) is 72.4 Å². The number of hydrogen-bond donors (Lipinski definition) is 1. The molecule has 3 aromatic rings. The summed E-state index contributed by atoms with van der Waals surface area (Å²) in [6.07, 6.45) is 4.61. The zero-order valence-electron chi connectivity index (χ0n) is 17.9. The Hall–Kier alpha value is -2.64. The molecule has 0 saturated heterocycles. The highest BCUT2D eigenvalue weighted by molar-refractivity contribution is 7.98. The van der Waals surface area contributed by atoms with Gasteiger partial charge < -0.3 is 10.2 Å². The van der Waals surface area contributed by atoms with Gasteiger partial charge in [0.2, 0.25) is 0 Å². The molecule has 0 saturated carbocycles. The van der Waals surface area contributed by atoms with E-state index in [0.717, 1.165) is 38.6 Å². The van der Waals surface area contributed by atoms with Crippen LogP contribution in [0.25, 0.3) is 0 Å². The SMILES string of the molecule is CSc1ccccc1C(=O)NCc1c(C)ncc2c1CCN(C(=O)c1sccc1C)C2. The lowest BCUT2D eigenvalue weighted by molar-refractivity contribution is 0.0738. The lowest BCUT2D eigenvalue weighted by Gasteiger charge is -2.30. The fourth-order valence-corrected chi connectivity index (χ4v) is 5.45. The minimum absolute atomic E-state index is 0.0808. The van der Waals surface area contributed by atoms with E-state index in [4.69, 9.17) is 0 Å². The van der Waals surface area contributed by atoms with Crippen LogP contribution in [0.3, 0.4) is 0 Å². The molecule has 3 heterocycles. The molecule has 4 rings (SSSR count). The maximum absolute atomic E-state index is 12.9. The van der Waals surface area contributed by atoms with E-state index in [2.05, 4.69) is 10.3 Å². The van der Waals surface area contributed by atoms with E-state index in [1.54, 1.807) is 11.8 Å². The number of carbonyl (C=O) groups is 2. The third-order valence-corrected chi connectivity index (χ3v) is 7.52. The Morgan fingerprint density at radius 1 is 1.23 bits per heavy atom. The second-order valence-corrected chi connectivity index (χ2v) is 9.38. The van der Waals surface area contributed by atoms with Crippen molar-refractivity contribution in [1.29, 1.82) is 0 Å². The van der Waals surface area contributed by atoms with Crippen LogP contribution in [0.1, 0.15) is 48.0 Å². The van der Waals surface area contributed by atoms with Crippen LogP contribution in [0, 0.1) is 13.8 Å². The number of aromatic nitrogens is 1. The van der Waals surface area contributed by atoms with Gasteiger partial charge in [-0.3, -0.25) is 14.6 Å². The lowest BCUT2D eigenvalue weighted by atomic mass is 9.94. The van der Waals surface area contributed by atoms with Crippen molar-refractivity contribution in [3.05, 3.63) is 80.3 Å². The molecule has 0 bridgehead atoms. The number of amides is 2. The van der Waals surface area contributed by atoms with Crippen LogP contribution in [0.15, 0.2) is 46.8 Å². The summed E-state index contributed by atoms with van der Waals surface area (Å²) in [5, 5.41) is 5.03. The Morgan fingerprint density at radius 2 is 2.03 bits per heavy atom. The van der Waals surface area contributed by atoms with E-state index in [1.807, 2.05) is 66.9 Å². The normalized spacial score (nSPS) is 13.1. The number of nitrogens with one attached hydrogen (secondary N) is 1. The first-order chi connectivity index (χ1) is 15.0. The Balaban J connectivity index is 1.52. The van der Waals surface area contributed by atoms with E-state index in [0.29, 0.717) is 25.2 Å². The summed E-state index contributed by atoms with van der Waals surface area (Å²) in [4.78, 5) is 33.9. The van der Waals surface area contributed by atoms with Crippen LogP contribution in [0.2, 0.25) is 0 Å². The number of hydrogen-bond acceptors (Lipinski definition) is 5. The second kappa shape index (κ2) is 9.24. The number of thioether (sulfide) groups is 1. The van der Waals surface area contributed by atoms with Gasteiger partial charge in [0.05, 0.1) is 10.4 Å². The van der Waals surface area contributed by atoms with Crippen molar-refractivity contribution in [1.82, 2.24) is 15.2 Å². The zero-order chi connectivity index (χ0) is 22.0. The van der Waals surface area contributed by atoms with Crippen molar-refractivity contribution in [2.45, 2.75) is 38.3 Å². The van der Waals surface area contributed by atoms with E-state index < -0.39 is 0 Å². The molecule has 0 aliphatic carbocycles. The minimum Gasteiger partial charge on any atom is -0.348 e. The largest absolute Gasteiger partial charge is 0.348 e. The molecule has 1 aliphatic rings. The lowest BCUT2D eigenvalue weighted by Crippen LogP contribution is -2.37. The van der Waals surface area contributed by atoms with Gasteiger partial charge in [-0.15, -0.1) is 23.1 Å².